The zero-order chi connectivity index (χ0) is 18.7. The molecule has 2 aliphatic rings. The molecule has 1 spiro atoms. The summed E-state index contributed by atoms with van der Waals surface area (Å²) in [7, 11) is 0. The Hall–Kier alpha value is -2.73. The molecule has 1 aromatic carbocycles. The minimum absolute atomic E-state index is 0.0529. The molecular weight excluding hydrogens is 340 g/mol. The van der Waals surface area contributed by atoms with Gasteiger partial charge in [0.05, 0.1) is 5.69 Å². The first kappa shape index (κ1) is 17.7. The molecule has 1 atom stereocenters. The zero-order valence-corrected chi connectivity index (χ0v) is 15.5. The Labute approximate surface area is 159 Å². The molecule has 1 saturated heterocycles. The fourth-order valence-corrected chi connectivity index (χ4v) is 3.89. The lowest BCUT2D eigenvalue weighted by molar-refractivity contribution is -0.114. The van der Waals surface area contributed by atoms with Crippen LogP contribution in [0.3, 0.4) is 0 Å². The van der Waals surface area contributed by atoms with Gasteiger partial charge < -0.3 is 10.2 Å². The number of aromatic nitrogens is 1. The van der Waals surface area contributed by atoms with Crippen LogP contribution in [0.25, 0.3) is 0 Å². The lowest BCUT2D eigenvalue weighted by Crippen LogP contribution is -2.47. The smallest absolute Gasteiger partial charge is 0.221 e. The van der Waals surface area contributed by atoms with Gasteiger partial charge in [-0.15, -0.1) is 0 Å². The highest BCUT2D eigenvalue weighted by Gasteiger charge is 2.43. The van der Waals surface area contributed by atoms with E-state index < -0.39 is 0 Å². The number of anilines is 1. The quantitative estimate of drug-likeness (QED) is 0.905. The van der Waals surface area contributed by atoms with Gasteiger partial charge in [0.15, 0.2) is 5.60 Å². The Bertz CT molecular complexity index is 835. The third-order valence-electron chi connectivity index (χ3n) is 5.10. The fraction of sp³-hybridized carbons (Fsp3) is 0.381. The van der Waals surface area contributed by atoms with Gasteiger partial charge >= 0.3 is 0 Å². The minimum Gasteiger partial charge on any atom is -0.387 e. The van der Waals surface area contributed by atoms with Gasteiger partial charge in [-0.1, -0.05) is 23.4 Å². The van der Waals surface area contributed by atoms with Crippen LogP contribution >= 0.6 is 0 Å². The third kappa shape index (κ3) is 4.17. The Morgan fingerprint density at radius 2 is 2.11 bits per heavy atom. The number of carbonyl (C=O) groups excluding carboxylic acids is 1. The highest BCUT2D eigenvalue weighted by molar-refractivity contribution is 6.00. The van der Waals surface area contributed by atoms with E-state index in [1.54, 1.807) is 6.20 Å². The number of nitrogens with one attached hydrogen (secondary N) is 1. The van der Waals surface area contributed by atoms with Crippen molar-refractivity contribution in [1.29, 1.82) is 0 Å². The van der Waals surface area contributed by atoms with Crippen LogP contribution in [0.2, 0.25) is 0 Å². The molecule has 2 aromatic rings. The van der Waals surface area contributed by atoms with E-state index in [0.29, 0.717) is 0 Å². The number of carbonyl (C=O) groups is 1. The summed E-state index contributed by atoms with van der Waals surface area (Å²) in [5, 5.41) is 7.15. The van der Waals surface area contributed by atoms with E-state index in [9.17, 15) is 4.79 Å². The van der Waals surface area contributed by atoms with Gasteiger partial charge in [-0.25, -0.2) is 0 Å². The van der Waals surface area contributed by atoms with E-state index in [-0.39, 0.29) is 11.5 Å². The van der Waals surface area contributed by atoms with Gasteiger partial charge in [0.2, 0.25) is 5.91 Å². The van der Waals surface area contributed by atoms with Crippen molar-refractivity contribution < 1.29 is 9.63 Å². The molecule has 4 rings (SSSR count). The van der Waals surface area contributed by atoms with E-state index in [4.69, 9.17) is 4.84 Å². The first-order chi connectivity index (χ1) is 13.1. The molecule has 0 saturated carbocycles. The van der Waals surface area contributed by atoms with Gasteiger partial charge in [0, 0.05) is 38.3 Å². The number of amides is 1. The molecule has 6 heteroatoms. The van der Waals surface area contributed by atoms with Gasteiger partial charge in [-0.3, -0.25) is 14.7 Å². The van der Waals surface area contributed by atoms with Crippen LogP contribution in [0.5, 0.6) is 0 Å². The van der Waals surface area contributed by atoms with Crippen LogP contribution in [-0.2, 0) is 16.2 Å². The van der Waals surface area contributed by atoms with Crippen molar-refractivity contribution >= 4 is 17.3 Å². The number of likely N-dealkylation sites (tertiary alicyclic amines) is 1. The molecule has 1 unspecified atom stereocenters. The van der Waals surface area contributed by atoms with Gasteiger partial charge in [-0.2, -0.15) is 0 Å². The average molecular weight is 364 g/mol. The number of hydrogen-bond acceptors (Lipinski definition) is 5. The highest BCUT2D eigenvalue weighted by Crippen LogP contribution is 2.35. The SMILES string of the molecule is CC(=O)Nc1ccc(CN2CCCC3(CC(c4ccccn4)=NO3)C2)cc1. The van der Waals surface area contributed by atoms with Crippen molar-refractivity contribution in [2.75, 3.05) is 18.4 Å². The fourth-order valence-electron chi connectivity index (χ4n) is 3.89. The van der Waals surface area contributed by atoms with Crippen LogP contribution in [0, 0.1) is 0 Å². The Kier molecular flexibility index (Phi) is 4.90. The highest BCUT2D eigenvalue weighted by atomic mass is 16.7. The molecule has 1 fully saturated rings. The standard InChI is InChI=1S/C21H24N4O2/c1-16(26)23-18-8-6-17(7-9-18)14-25-12-4-10-21(15-25)13-20(24-27-21)19-5-2-3-11-22-19/h2-3,5-9,11H,4,10,12-15H2,1H3,(H,23,26). The van der Waals surface area contributed by atoms with Crippen molar-refractivity contribution in [2.45, 2.75) is 38.3 Å². The number of nitrogens with zero attached hydrogens (tertiary/aromatic N) is 3. The minimum atomic E-state index is -0.235. The molecule has 0 radical (unpaired) electrons. The van der Waals surface area contributed by atoms with E-state index >= 15 is 0 Å². The van der Waals surface area contributed by atoms with Crippen LogP contribution < -0.4 is 5.32 Å². The number of pyridine rings is 1. The largest absolute Gasteiger partial charge is 0.387 e. The topological polar surface area (TPSA) is 66.8 Å². The Morgan fingerprint density at radius 1 is 1.26 bits per heavy atom. The lowest BCUT2D eigenvalue weighted by atomic mass is 9.87. The zero-order valence-electron chi connectivity index (χ0n) is 15.5. The third-order valence-corrected chi connectivity index (χ3v) is 5.10. The number of oxime groups is 1. The first-order valence-electron chi connectivity index (χ1n) is 9.37. The maximum absolute atomic E-state index is 11.1. The summed E-state index contributed by atoms with van der Waals surface area (Å²) in [5.74, 6) is -0.0529. The van der Waals surface area contributed by atoms with Crippen molar-refractivity contribution in [1.82, 2.24) is 9.88 Å². The molecule has 140 valence electrons. The van der Waals surface area contributed by atoms with Crippen molar-refractivity contribution in [3.05, 3.63) is 59.9 Å². The number of benzene rings is 1. The summed E-state index contributed by atoms with van der Waals surface area (Å²) < 4.78 is 0. The molecule has 0 aliphatic carbocycles. The Balaban J connectivity index is 1.38. The van der Waals surface area contributed by atoms with E-state index in [2.05, 4.69) is 32.5 Å². The second-order valence-corrected chi connectivity index (χ2v) is 7.40. The second kappa shape index (κ2) is 7.48. The molecule has 27 heavy (non-hydrogen) atoms. The summed E-state index contributed by atoms with van der Waals surface area (Å²) >= 11 is 0. The summed E-state index contributed by atoms with van der Waals surface area (Å²) in [6, 6.07) is 13.9. The van der Waals surface area contributed by atoms with E-state index in [1.807, 2.05) is 30.3 Å². The molecule has 1 aromatic heterocycles. The molecule has 1 amide bonds. The average Bonchev–Trinajstić information content (AvgIpc) is 3.07. The monoisotopic (exact) mass is 364 g/mol. The maximum Gasteiger partial charge on any atom is 0.221 e. The molecule has 6 nitrogen and oxygen atoms in total. The van der Waals surface area contributed by atoms with Crippen molar-refractivity contribution in [2.24, 2.45) is 5.16 Å². The second-order valence-electron chi connectivity index (χ2n) is 7.40. The summed E-state index contributed by atoms with van der Waals surface area (Å²) in [4.78, 5) is 23.9. The van der Waals surface area contributed by atoms with Crippen LogP contribution in [-0.4, -0.2) is 40.2 Å². The predicted octanol–water partition coefficient (Wildman–Crippen LogP) is 3.20. The Morgan fingerprint density at radius 3 is 2.85 bits per heavy atom. The lowest BCUT2D eigenvalue weighted by Gasteiger charge is -2.38. The molecular formula is C21H24N4O2. The van der Waals surface area contributed by atoms with Gasteiger partial charge in [0.25, 0.3) is 0 Å². The predicted molar refractivity (Wildman–Crippen MR) is 104 cm³/mol. The molecule has 1 N–H and O–H groups in total. The molecule has 3 heterocycles. The summed E-state index contributed by atoms with van der Waals surface area (Å²) in [6.07, 6.45) is 4.71. The number of rotatable bonds is 4. The van der Waals surface area contributed by atoms with Gasteiger partial charge in [0.1, 0.15) is 5.71 Å². The van der Waals surface area contributed by atoms with Crippen molar-refractivity contribution in [3.63, 3.8) is 0 Å². The first-order valence-corrected chi connectivity index (χ1v) is 9.37. The molecule has 2 aliphatic heterocycles. The maximum atomic E-state index is 11.1. The van der Waals surface area contributed by atoms with E-state index in [0.717, 1.165) is 56.0 Å². The van der Waals surface area contributed by atoms with Crippen molar-refractivity contribution in [3.8, 4) is 0 Å². The summed E-state index contributed by atoms with van der Waals surface area (Å²) in [6.45, 7) is 4.30. The van der Waals surface area contributed by atoms with Crippen LogP contribution in [0.15, 0.2) is 53.8 Å². The normalized spacial score (nSPS) is 22.3. The number of piperidine rings is 1. The van der Waals surface area contributed by atoms with Crippen LogP contribution in [0.1, 0.15) is 37.4 Å². The van der Waals surface area contributed by atoms with Crippen LogP contribution in [0.4, 0.5) is 5.69 Å². The molecule has 0 bridgehead atoms. The van der Waals surface area contributed by atoms with Gasteiger partial charge in [-0.05, 0) is 49.2 Å². The number of hydrogen-bond donors (Lipinski definition) is 1. The summed E-state index contributed by atoms with van der Waals surface area (Å²) in [5.41, 5.74) is 3.66. The van der Waals surface area contributed by atoms with E-state index in [1.165, 1.54) is 12.5 Å².